The summed E-state index contributed by atoms with van der Waals surface area (Å²) in [7, 11) is 3.22. The second-order valence-electron chi connectivity index (χ2n) is 3.83. The Morgan fingerprint density at radius 3 is 2.55 bits per heavy atom. The smallest absolute Gasteiger partial charge is 0.377 e. The van der Waals surface area contributed by atoms with Gasteiger partial charge in [0.05, 0.1) is 6.61 Å². The molecule has 0 bridgehead atoms. The second-order valence-corrected chi connectivity index (χ2v) is 3.83. The fourth-order valence-corrected chi connectivity index (χ4v) is 1.35. The van der Waals surface area contributed by atoms with Crippen LogP contribution in [0.4, 0.5) is 24.8 Å². The van der Waals surface area contributed by atoms with Crippen LogP contribution in [0.5, 0.6) is 0 Å². The number of rotatable bonds is 8. The molecule has 1 heterocycles. The molecule has 1 aromatic heterocycles. The van der Waals surface area contributed by atoms with E-state index in [4.69, 9.17) is 4.74 Å². The first-order chi connectivity index (χ1) is 9.44. The first kappa shape index (κ1) is 16.4. The molecule has 0 saturated carbocycles. The standard InChI is InChI=1S/C11H17F3N4O2/c1-15-8-5-9(18-10(17-8)6-19-2)16-3-4-20-7-11(12,13)14/h5H,3-4,6-7H2,1-2H3,(H2,15,16,17,18). The van der Waals surface area contributed by atoms with E-state index in [1.165, 1.54) is 7.11 Å². The number of nitrogens with zero attached hydrogens (tertiary/aromatic N) is 2. The Morgan fingerprint density at radius 1 is 1.25 bits per heavy atom. The minimum atomic E-state index is -4.31. The molecule has 0 atom stereocenters. The molecule has 0 aromatic carbocycles. The monoisotopic (exact) mass is 294 g/mol. The number of methoxy groups -OCH3 is 1. The Bertz CT molecular complexity index is 415. The second kappa shape index (κ2) is 7.85. The van der Waals surface area contributed by atoms with Crippen molar-refractivity contribution < 1.29 is 22.6 Å². The third-order valence-electron chi connectivity index (χ3n) is 2.12. The molecule has 2 N–H and O–H groups in total. The van der Waals surface area contributed by atoms with Gasteiger partial charge in [-0.05, 0) is 0 Å². The van der Waals surface area contributed by atoms with E-state index in [0.717, 1.165) is 0 Å². The summed E-state index contributed by atoms with van der Waals surface area (Å²) in [6, 6.07) is 1.64. The molecule has 20 heavy (non-hydrogen) atoms. The Balaban J connectivity index is 2.44. The molecule has 0 amide bonds. The maximum Gasteiger partial charge on any atom is 0.411 e. The molecule has 114 valence electrons. The van der Waals surface area contributed by atoms with E-state index in [-0.39, 0.29) is 19.8 Å². The van der Waals surface area contributed by atoms with E-state index in [9.17, 15) is 13.2 Å². The summed E-state index contributed by atoms with van der Waals surface area (Å²) in [5, 5.41) is 5.73. The predicted molar refractivity (Wildman–Crippen MR) is 67.7 cm³/mol. The first-order valence-electron chi connectivity index (χ1n) is 5.87. The Labute approximate surface area is 114 Å². The fraction of sp³-hybridized carbons (Fsp3) is 0.636. The SMILES string of the molecule is CNc1cc(NCCOCC(F)(F)F)nc(COC)n1. The van der Waals surface area contributed by atoms with Gasteiger partial charge in [0.25, 0.3) is 0 Å². The fourth-order valence-electron chi connectivity index (χ4n) is 1.35. The van der Waals surface area contributed by atoms with Crippen molar-refractivity contribution in [1.29, 1.82) is 0 Å². The largest absolute Gasteiger partial charge is 0.411 e. The molecule has 0 fully saturated rings. The van der Waals surface area contributed by atoms with E-state index in [1.54, 1.807) is 13.1 Å². The summed E-state index contributed by atoms with van der Waals surface area (Å²) in [5.74, 6) is 1.55. The third kappa shape index (κ3) is 6.53. The number of halogens is 3. The van der Waals surface area contributed by atoms with E-state index < -0.39 is 12.8 Å². The summed E-state index contributed by atoms with van der Waals surface area (Å²) < 4.78 is 45.0. The molecule has 1 rings (SSSR count). The van der Waals surface area contributed by atoms with Gasteiger partial charge in [0.15, 0.2) is 5.82 Å². The van der Waals surface area contributed by atoms with Gasteiger partial charge in [-0.15, -0.1) is 0 Å². The molecule has 9 heteroatoms. The lowest BCUT2D eigenvalue weighted by Crippen LogP contribution is -2.20. The van der Waals surface area contributed by atoms with Crippen LogP contribution in [0, 0.1) is 0 Å². The van der Waals surface area contributed by atoms with Gasteiger partial charge in [-0.2, -0.15) is 13.2 Å². The normalized spacial score (nSPS) is 11.4. The van der Waals surface area contributed by atoms with Crippen LogP contribution in [0.3, 0.4) is 0 Å². The lowest BCUT2D eigenvalue weighted by molar-refractivity contribution is -0.172. The quantitative estimate of drug-likeness (QED) is 0.711. The molecule has 0 spiro atoms. The molecule has 0 unspecified atom stereocenters. The van der Waals surface area contributed by atoms with Crippen molar-refractivity contribution in [3.05, 3.63) is 11.9 Å². The minimum absolute atomic E-state index is 0.0714. The lowest BCUT2D eigenvalue weighted by Gasteiger charge is -2.10. The number of aromatic nitrogens is 2. The zero-order valence-corrected chi connectivity index (χ0v) is 11.3. The van der Waals surface area contributed by atoms with Crippen molar-refractivity contribution >= 4 is 11.6 Å². The van der Waals surface area contributed by atoms with Gasteiger partial charge in [-0.1, -0.05) is 0 Å². The van der Waals surface area contributed by atoms with Crippen LogP contribution >= 0.6 is 0 Å². The van der Waals surface area contributed by atoms with Gasteiger partial charge in [-0.3, -0.25) is 0 Å². The van der Waals surface area contributed by atoms with E-state index in [2.05, 4.69) is 25.3 Å². The zero-order valence-electron chi connectivity index (χ0n) is 11.3. The summed E-state index contributed by atoms with van der Waals surface area (Å²) >= 11 is 0. The molecule has 0 aliphatic heterocycles. The molecule has 6 nitrogen and oxygen atoms in total. The summed E-state index contributed by atoms with van der Waals surface area (Å²) in [6.07, 6.45) is -4.31. The molecule has 1 aromatic rings. The van der Waals surface area contributed by atoms with Crippen LogP contribution in [0.25, 0.3) is 0 Å². The van der Waals surface area contributed by atoms with Gasteiger partial charge >= 0.3 is 6.18 Å². The number of nitrogens with one attached hydrogen (secondary N) is 2. The van der Waals surface area contributed by atoms with Crippen molar-refractivity contribution in [2.75, 3.05) is 44.5 Å². The average molecular weight is 294 g/mol. The number of anilines is 2. The summed E-state index contributed by atoms with van der Waals surface area (Å²) in [6.45, 7) is -0.870. The average Bonchev–Trinajstić information content (AvgIpc) is 2.37. The Morgan fingerprint density at radius 2 is 1.95 bits per heavy atom. The van der Waals surface area contributed by atoms with Crippen LogP contribution in [0.15, 0.2) is 6.07 Å². The van der Waals surface area contributed by atoms with Crippen LogP contribution in [0.2, 0.25) is 0 Å². The van der Waals surface area contributed by atoms with Gasteiger partial charge in [0.2, 0.25) is 0 Å². The number of ether oxygens (including phenoxy) is 2. The zero-order chi connectivity index (χ0) is 15.0. The number of hydrogen-bond acceptors (Lipinski definition) is 6. The molecule has 0 aliphatic carbocycles. The Kier molecular flexibility index (Phi) is 6.46. The third-order valence-corrected chi connectivity index (χ3v) is 2.12. The van der Waals surface area contributed by atoms with E-state index in [1.807, 2.05) is 0 Å². The van der Waals surface area contributed by atoms with Crippen LogP contribution in [-0.2, 0) is 16.1 Å². The maximum atomic E-state index is 11.9. The van der Waals surface area contributed by atoms with Gasteiger partial charge in [0, 0.05) is 26.8 Å². The Hall–Kier alpha value is -1.61. The highest BCUT2D eigenvalue weighted by molar-refractivity contribution is 5.47. The van der Waals surface area contributed by atoms with E-state index in [0.29, 0.717) is 17.5 Å². The first-order valence-corrected chi connectivity index (χ1v) is 5.87. The van der Waals surface area contributed by atoms with Gasteiger partial charge in [0.1, 0.15) is 24.8 Å². The highest BCUT2D eigenvalue weighted by Crippen LogP contribution is 2.14. The lowest BCUT2D eigenvalue weighted by atomic mass is 10.4. The van der Waals surface area contributed by atoms with Crippen LogP contribution < -0.4 is 10.6 Å². The highest BCUT2D eigenvalue weighted by atomic mass is 19.4. The maximum absolute atomic E-state index is 11.9. The molecule has 0 aliphatic rings. The molecule has 0 saturated heterocycles. The van der Waals surface area contributed by atoms with Gasteiger partial charge in [-0.25, -0.2) is 9.97 Å². The van der Waals surface area contributed by atoms with Crippen LogP contribution in [0.1, 0.15) is 5.82 Å². The number of alkyl halides is 3. The molecule has 0 radical (unpaired) electrons. The van der Waals surface area contributed by atoms with Crippen molar-refractivity contribution in [2.24, 2.45) is 0 Å². The topological polar surface area (TPSA) is 68.3 Å². The van der Waals surface area contributed by atoms with Crippen molar-refractivity contribution in [2.45, 2.75) is 12.8 Å². The predicted octanol–water partition coefficient (Wildman–Crippen LogP) is 1.66. The number of hydrogen-bond donors (Lipinski definition) is 2. The minimum Gasteiger partial charge on any atom is -0.377 e. The van der Waals surface area contributed by atoms with Crippen molar-refractivity contribution in [3.63, 3.8) is 0 Å². The summed E-state index contributed by atoms with van der Waals surface area (Å²) in [4.78, 5) is 8.30. The van der Waals surface area contributed by atoms with E-state index >= 15 is 0 Å². The molecular weight excluding hydrogens is 277 g/mol. The van der Waals surface area contributed by atoms with Crippen molar-refractivity contribution in [3.8, 4) is 0 Å². The van der Waals surface area contributed by atoms with Crippen LogP contribution in [-0.4, -0.2) is 50.1 Å². The summed E-state index contributed by atoms with van der Waals surface area (Å²) in [5.41, 5.74) is 0. The molecular formula is C11H17F3N4O2. The highest BCUT2D eigenvalue weighted by Gasteiger charge is 2.27. The van der Waals surface area contributed by atoms with Crippen molar-refractivity contribution in [1.82, 2.24) is 9.97 Å². The van der Waals surface area contributed by atoms with Gasteiger partial charge < -0.3 is 20.1 Å².